The summed E-state index contributed by atoms with van der Waals surface area (Å²) in [5, 5.41) is 0. The minimum atomic E-state index is -0.626. The zero-order chi connectivity index (χ0) is 22.4. The van der Waals surface area contributed by atoms with Gasteiger partial charge in [-0.1, -0.05) is 49.6 Å². The van der Waals surface area contributed by atoms with Crippen molar-refractivity contribution in [3.63, 3.8) is 0 Å². The largest absolute Gasteiger partial charge is 0.489 e. The summed E-state index contributed by atoms with van der Waals surface area (Å²) in [4.78, 5) is 39.2. The van der Waals surface area contributed by atoms with Crippen molar-refractivity contribution in [1.82, 2.24) is 0 Å². The molecule has 2 aromatic carbocycles. The molecule has 0 radical (unpaired) electrons. The summed E-state index contributed by atoms with van der Waals surface area (Å²) >= 11 is 0. The second-order valence-electron chi connectivity index (χ2n) is 6.60. The Morgan fingerprint density at radius 1 is 0.903 bits per heavy atom. The number of ether oxygens (including phenoxy) is 3. The summed E-state index contributed by atoms with van der Waals surface area (Å²) < 4.78 is 16.4. The van der Waals surface area contributed by atoms with Gasteiger partial charge in [0.15, 0.2) is 5.78 Å². The monoisotopic (exact) mass is 418 g/mol. The summed E-state index contributed by atoms with van der Waals surface area (Å²) in [5.41, 5.74) is 0.643. The molecule has 6 nitrogen and oxygen atoms in total. The van der Waals surface area contributed by atoms with Crippen molar-refractivity contribution in [2.75, 3.05) is 19.8 Å². The molecule has 158 valence electrons. The van der Waals surface area contributed by atoms with Gasteiger partial charge >= 0.3 is 5.97 Å². The van der Waals surface area contributed by atoms with Gasteiger partial charge in [0.05, 0.1) is 16.7 Å². The fraction of sp³-hybridized carbons (Fsp3) is 0.160. The molecule has 0 atom stereocenters. The number of hydrogen-bond donors (Lipinski definition) is 0. The lowest BCUT2D eigenvalue weighted by molar-refractivity contribution is 0.0548. The van der Waals surface area contributed by atoms with Crippen LogP contribution in [0.25, 0.3) is 0 Å². The fourth-order valence-corrected chi connectivity index (χ4v) is 3.21. The summed E-state index contributed by atoms with van der Waals surface area (Å²) in [7, 11) is 0. The first kappa shape index (κ1) is 21.8. The molecule has 0 unspecified atom stereocenters. The average molecular weight is 418 g/mol. The zero-order valence-corrected chi connectivity index (χ0v) is 17.2. The van der Waals surface area contributed by atoms with E-state index in [2.05, 4.69) is 13.2 Å². The van der Waals surface area contributed by atoms with Crippen LogP contribution in [0.2, 0.25) is 0 Å². The van der Waals surface area contributed by atoms with Crippen LogP contribution in [0.3, 0.4) is 0 Å². The zero-order valence-electron chi connectivity index (χ0n) is 17.2. The Morgan fingerprint density at radius 2 is 1.58 bits per heavy atom. The molecule has 0 fully saturated rings. The number of hydrogen-bond acceptors (Lipinski definition) is 6. The molecule has 0 N–H and O–H groups in total. The number of allylic oxidation sites excluding steroid dienone is 1. The van der Waals surface area contributed by atoms with Crippen LogP contribution in [0.5, 0.6) is 11.5 Å². The van der Waals surface area contributed by atoms with Gasteiger partial charge in [-0.15, -0.1) is 0 Å². The standard InChI is InChI=1S/C25H22O6/c1-4-7-13-31-25(28)16-14-18-22(20(15-16)30-12-6-3)24(27)21-17(23(18)26)9-8-10-19(21)29-11-5-2/h4-10,14-15H,2-3,11-13H2,1H3/b7-4+. The maximum atomic E-state index is 13.4. The van der Waals surface area contributed by atoms with E-state index in [9.17, 15) is 14.4 Å². The molecular weight excluding hydrogens is 396 g/mol. The molecule has 0 saturated carbocycles. The van der Waals surface area contributed by atoms with Gasteiger partial charge < -0.3 is 14.2 Å². The van der Waals surface area contributed by atoms with Crippen LogP contribution in [-0.4, -0.2) is 37.4 Å². The molecule has 0 amide bonds. The van der Waals surface area contributed by atoms with E-state index >= 15 is 0 Å². The first-order valence-corrected chi connectivity index (χ1v) is 9.69. The van der Waals surface area contributed by atoms with Crippen LogP contribution in [-0.2, 0) is 4.74 Å². The number of esters is 1. The van der Waals surface area contributed by atoms with Gasteiger partial charge in [-0.05, 0) is 25.1 Å². The van der Waals surface area contributed by atoms with Crippen LogP contribution in [0, 0.1) is 0 Å². The Kier molecular flexibility index (Phi) is 6.82. The molecule has 0 bridgehead atoms. The molecule has 0 aliphatic heterocycles. The lowest BCUT2D eigenvalue weighted by Gasteiger charge is -2.22. The quantitative estimate of drug-likeness (QED) is 0.380. The maximum absolute atomic E-state index is 13.4. The van der Waals surface area contributed by atoms with E-state index in [0.29, 0.717) is 0 Å². The highest BCUT2D eigenvalue weighted by Crippen LogP contribution is 2.38. The van der Waals surface area contributed by atoms with Crippen molar-refractivity contribution < 1.29 is 28.6 Å². The fourth-order valence-electron chi connectivity index (χ4n) is 3.21. The van der Waals surface area contributed by atoms with E-state index < -0.39 is 17.5 Å². The summed E-state index contributed by atoms with van der Waals surface area (Å²) in [6, 6.07) is 7.59. The molecule has 0 saturated heterocycles. The molecule has 0 spiro atoms. The Bertz CT molecular complexity index is 1090. The predicted octanol–water partition coefficient (Wildman–Crippen LogP) is 4.32. The Balaban J connectivity index is 2.14. The van der Waals surface area contributed by atoms with Gasteiger partial charge in [-0.3, -0.25) is 9.59 Å². The van der Waals surface area contributed by atoms with Crippen LogP contribution < -0.4 is 9.47 Å². The number of rotatable bonds is 9. The minimum absolute atomic E-state index is 0.0814. The third-order valence-corrected chi connectivity index (χ3v) is 4.57. The topological polar surface area (TPSA) is 78.9 Å². The molecule has 1 aliphatic carbocycles. The molecule has 0 aromatic heterocycles. The summed E-state index contributed by atoms with van der Waals surface area (Å²) in [6.45, 7) is 9.38. The molecule has 2 aromatic rings. The minimum Gasteiger partial charge on any atom is -0.489 e. The predicted molar refractivity (Wildman–Crippen MR) is 116 cm³/mol. The highest BCUT2D eigenvalue weighted by atomic mass is 16.5. The van der Waals surface area contributed by atoms with Crippen LogP contribution in [0.1, 0.15) is 49.1 Å². The third kappa shape index (κ3) is 4.33. The van der Waals surface area contributed by atoms with Gasteiger partial charge in [0.2, 0.25) is 5.78 Å². The molecule has 6 heteroatoms. The van der Waals surface area contributed by atoms with Crippen molar-refractivity contribution in [3.05, 3.63) is 95.6 Å². The first-order valence-electron chi connectivity index (χ1n) is 9.69. The molecule has 0 heterocycles. The van der Waals surface area contributed by atoms with Gasteiger partial charge in [-0.25, -0.2) is 4.79 Å². The van der Waals surface area contributed by atoms with E-state index in [0.717, 1.165) is 0 Å². The highest BCUT2D eigenvalue weighted by molar-refractivity contribution is 6.30. The van der Waals surface area contributed by atoms with Crippen LogP contribution in [0.15, 0.2) is 67.8 Å². The smallest absolute Gasteiger partial charge is 0.338 e. The molecule has 1 aliphatic rings. The molecular formula is C25H22O6. The van der Waals surface area contributed by atoms with E-state index in [1.54, 1.807) is 36.4 Å². The lowest BCUT2D eigenvalue weighted by atomic mass is 9.82. The second kappa shape index (κ2) is 9.71. The van der Waals surface area contributed by atoms with E-state index in [4.69, 9.17) is 14.2 Å². The van der Waals surface area contributed by atoms with Gasteiger partial charge in [0.1, 0.15) is 31.3 Å². The van der Waals surface area contributed by atoms with Crippen molar-refractivity contribution in [2.24, 2.45) is 0 Å². The van der Waals surface area contributed by atoms with Crippen molar-refractivity contribution in [2.45, 2.75) is 6.92 Å². The second-order valence-corrected chi connectivity index (χ2v) is 6.60. The van der Waals surface area contributed by atoms with Gasteiger partial charge in [0.25, 0.3) is 0 Å². The van der Waals surface area contributed by atoms with Crippen LogP contribution >= 0.6 is 0 Å². The highest BCUT2D eigenvalue weighted by Gasteiger charge is 2.36. The third-order valence-electron chi connectivity index (χ3n) is 4.57. The van der Waals surface area contributed by atoms with Crippen molar-refractivity contribution in [3.8, 4) is 11.5 Å². The van der Waals surface area contributed by atoms with Crippen LogP contribution in [0.4, 0.5) is 0 Å². The Morgan fingerprint density at radius 3 is 2.26 bits per heavy atom. The van der Waals surface area contributed by atoms with Gasteiger partial charge in [-0.2, -0.15) is 0 Å². The number of benzene rings is 2. The normalized spacial score (nSPS) is 12.2. The number of carbonyl (C=O) groups excluding carboxylic acids is 3. The number of carbonyl (C=O) groups is 3. The Labute approximate surface area is 180 Å². The van der Waals surface area contributed by atoms with Crippen molar-refractivity contribution in [1.29, 1.82) is 0 Å². The molecule has 3 rings (SSSR count). The number of ketones is 2. The van der Waals surface area contributed by atoms with E-state index in [1.807, 2.05) is 6.92 Å². The first-order chi connectivity index (χ1) is 15.0. The summed E-state index contributed by atoms with van der Waals surface area (Å²) in [6.07, 6.45) is 6.49. The lowest BCUT2D eigenvalue weighted by Crippen LogP contribution is -2.24. The number of fused-ring (bicyclic) bond motifs is 2. The molecule has 31 heavy (non-hydrogen) atoms. The van der Waals surface area contributed by atoms with Crippen molar-refractivity contribution >= 4 is 17.5 Å². The van der Waals surface area contributed by atoms with Gasteiger partial charge in [0, 0.05) is 11.1 Å². The SMILES string of the molecule is C=CCOc1cccc2c1C(=O)c1c(OCC=C)cc(C(=O)OC/C=C/C)cc1C2=O. The maximum Gasteiger partial charge on any atom is 0.338 e. The van der Waals surface area contributed by atoms with E-state index in [-0.39, 0.29) is 59.1 Å². The Hall–Kier alpha value is -3.93. The van der Waals surface area contributed by atoms with E-state index in [1.165, 1.54) is 18.2 Å². The summed E-state index contributed by atoms with van der Waals surface area (Å²) in [5.74, 6) is -1.06. The average Bonchev–Trinajstić information content (AvgIpc) is 2.79.